The van der Waals surface area contributed by atoms with Crippen molar-refractivity contribution in [2.75, 3.05) is 13.2 Å². The third-order valence-electron chi connectivity index (χ3n) is 6.37. The number of aliphatic hydroxyl groups is 7. The fourth-order valence-electron chi connectivity index (χ4n) is 4.36. The molecule has 16 heteroatoms. The zero-order valence-corrected chi connectivity index (χ0v) is 19.6. The highest BCUT2D eigenvalue weighted by Gasteiger charge is 2.52. The minimum Gasteiger partial charge on any atom is -0.394 e. The van der Waals surface area contributed by atoms with E-state index >= 15 is 0 Å². The van der Waals surface area contributed by atoms with Gasteiger partial charge in [-0.3, -0.25) is 4.79 Å². The van der Waals surface area contributed by atoms with Crippen LogP contribution in [0.1, 0.15) is 20.3 Å². The number of nitrogens with one attached hydrogen (secondary N) is 1. The van der Waals surface area contributed by atoms with Gasteiger partial charge in [0, 0.05) is 13.3 Å². The summed E-state index contributed by atoms with van der Waals surface area (Å²) in [6, 6.07) is -1.43. The van der Waals surface area contributed by atoms with Gasteiger partial charge in [-0.15, -0.1) is 0 Å². The fourth-order valence-corrected chi connectivity index (χ4v) is 4.36. The first kappa shape index (κ1) is 29.4. The van der Waals surface area contributed by atoms with Crippen LogP contribution in [-0.4, -0.2) is 141 Å². The first-order valence-electron chi connectivity index (χ1n) is 11.5. The lowest BCUT2D eigenvalue weighted by molar-refractivity contribution is -0.367. The highest BCUT2D eigenvalue weighted by atomic mass is 19.3. The summed E-state index contributed by atoms with van der Waals surface area (Å²) in [5.74, 6) is -0.646. The maximum atomic E-state index is 13.1. The standard InChI is InChI=1S/C20H34FNO14/c1-6-12(26)15(29)17(20(32-6)31-5-8-3-9(25)13(27)18(30)33-8)35-19-11(22-7(2)24)14(28)16(36-21)10(4-23)34-19/h6,8-20,23,25-30H,3-5H2,1-2H3,(H,22,24)/t6-,8+,9+,10-,11-,12-,13-,14-,15+,16-,17+,18-,19+,20+/m1/s1. The predicted molar refractivity (Wildman–Crippen MR) is 110 cm³/mol. The summed E-state index contributed by atoms with van der Waals surface area (Å²) in [6.45, 7) is 1.47. The molecule has 3 heterocycles. The van der Waals surface area contributed by atoms with E-state index in [9.17, 15) is 45.1 Å². The number of carbonyl (C=O) groups is 1. The predicted octanol–water partition coefficient (Wildman–Crippen LogP) is -4.46. The van der Waals surface area contributed by atoms with Crippen LogP contribution in [0.5, 0.6) is 0 Å². The molecule has 0 saturated carbocycles. The van der Waals surface area contributed by atoms with Crippen LogP contribution in [0.4, 0.5) is 4.53 Å². The molecule has 8 N–H and O–H groups in total. The monoisotopic (exact) mass is 531 g/mol. The number of carbonyl (C=O) groups excluding carboxylic acids is 1. The van der Waals surface area contributed by atoms with E-state index in [0.29, 0.717) is 0 Å². The van der Waals surface area contributed by atoms with Crippen molar-refractivity contribution in [1.82, 2.24) is 5.32 Å². The Bertz CT molecular complexity index is 710. The first-order chi connectivity index (χ1) is 17.0. The number of ether oxygens (including phenoxy) is 5. The minimum absolute atomic E-state index is 0.0947. The summed E-state index contributed by atoms with van der Waals surface area (Å²) in [5.41, 5.74) is 0. The molecule has 0 bridgehead atoms. The molecule has 0 unspecified atom stereocenters. The fraction of sp³-hybridized carbons (Fsp3) is 0.950. The van der Waals surface area contributed by atoms with E-state index in [0.717, 1.165) is 6.92 Å². The van der Waals surface area contributed by atoms with Crippen molar-refractivity contribution in [1.29, 1.82) is 0 Å². The Balaban J connectivity index is 1.77. The molecule has 0 aliphatic carbocycles. The SMILES string of the molecule is CC(=O)N[C@H]1[C@H](O[C@@H]2[C@@H](OC[C@@H]3C[C@H](O)[C@@H](O)[C@H](O)O3)O[C@H](C)[C@@H](O)[C@@H]2O)O[C@H](CO)[C@@H](OF)[C@@H]1O. The Morgan fingerprint density at radius 3 is 2.25 bits per heavy atom. The summed E-state index contributed by atoms with van der Waals surface area (Å²) in [6.07, 6.45) is -18.8. The van der Waals surface area contributed by atoms with Crippen LogP contribution in [0, 0.1) is 0 Å². The molecular weight excluding hydrogens is 497 g/mol. The van der Waals surface area contributed by atoms with Gasteiger partial charge in [0.2, 0.25) is 5.91 Å². The van der Waals surface area contributed by atoms with E-state index in [1.165, 1.54) is 6.92 Å². The molecule has 0 spiro atoms. The number of aliphatic hydroxyl groups excluding tert-OH is 7. The highest BCUT2D eigenvalue weighted by Crippen LogP contribution is 2.31. The molecule has 15 nitrogen and oxygen atoms in total. The molecule has 3 fully saturated rings. The van der Waals surface area contributed by atoms with Crippen LogP contribution in [0.15, 0.2) is 0 Å². The van der Waals surface area contributed by atoms with Crippen LogP contribution >= 0.6 is 0 Å². The van der Waals surface area contributed by atoms with Crippen molar-refractivity contribution in [2.45, 2.75) is 106 Å². The zero-order valence-electron chi connectivity index (χ0n) is 19.6. The lowest BCUT2D eigenvalue weighted by Gasteiger charge is -2.47. The normalized spacial score (nSPS) is 47.9. The molecule has 0 aromatic carbocycles. The van der Waals surface area contributed by atoms with E-state index in [1.807, 2.05) is 0 Å². The number of hydrogen-bond acceptors (Lipinski definition) is 14. The molecule has 210 valence electrons. The second-order valence-corrected chi connectivity index (χ2v) is 9.06. The summed E-state index contributed by atoms with van der Waals surface area (Å²) >= 11 is 0. The summed E-state index contributed by atoms with van der Waals surface area (Å²) in [7, 11) is 0. The Morgan fingerprint density at radius 1 is 0.972 bits per heavy atom. The van der Waals surface area contributed by atoms with Crippen molar-refractivity contribution in [3.63, 3.8) is 0 Å². The van der Waals surface area contributed by atoms with Gasteiger partial charge in [-0.25, -0.2) is 0 Å². The second kappa shape index (κ2) is 12.6. The molecule has 0 aromatic rings. The van der Waals surface area contributed by atoms with Gasteiger partial charge in [0.15, 0.2) is 25.0 Å². The van der Waals surface area contributed by atoms with Crippen LogP contribution in [0.2, 0.25) is 0 Å². The van der Waals surface area contributed by atoms with Crippen molar-refractivity contribution < 1.29 is 73.7 Å². The van der Waals surface area contributed by atoms with Crippen molar-refractivity contribution >= 4 is 5.91 Å². The Morgan fingerprint density at radius 2 is 1.67 bits per heavy atom. The van der Waals surface area contributed by atoms with Crippen LogP contribution in [0.3, 0.4) is 0 Å². The van der Waals surface area contributed by atoms with E-state index < -0.39 is 98.5 Å². The van der Waals surface area contributed by atoms with Gasteiger partial charge >= 0.3 is 0 Å². The van der Waals surface area contributed by atoms with Gasteiger partial charge in [0.1, 0.15) is 42.7 Å². The van der Waals surface area contributed by atoms with Gasteiger partial charge < -0.3 is 64.7 Å². The van der Waals surface area contributed by atoms with E-state index in [-0.39, 0.29) is 13.0 Å². The first-order valence-corrected chi connectivity index (χ1v) is 11.5. The number of rotatable bonds is 8. The van der Waals surface area contributed by atoms with E-state index in [4.69, 9.17) is 23.7 Å². The van der Waals surface area contributed by atoms with Crippen molar-refractivity contribution in [3.8, 4) is 0 Å². The van der Waals surface area contributed by atoms with Crippen LogP contribution in [-0.2, 0) is 33.4 Å². The average Bonchev–Trinajstić information content (AvgIpc) is 2.83. The van der Waals surface area contributed by atoms with Gasteiger partial charge in [-0.05, 0) is 11.4 Å². The van der Waals surface area contributed by atoms with E-state index in [1.54, 1.807) is 0 Å². The quantitative estimate of drug-likeness (QED) is 0.148. The molecule has 14 atom stereocenters. The van der Waals surface area contributed by atoms with Gasteiger partial charge in [-0.2, -0.15) is 4.94 Å². The third-order valence-corrected chi connectivity index (χ3v) is 6.37. The lowest BCUT2D eigenvalue weighted by Crippen LogP contribution is -2.67. The molecular formula is C20H34FNO14. The summed E-state index contributed by atoms with van der Waals surface area (Å²) in [4.78, 5) is 15.4. The average molecular weight is 531 g/mol. The minimum atomic E-state index is -1.75. The molecule has 0 aromatic heterocycles. The number of halogens is 1. The second-order valence-electron chi connectivity index (χ2n) is 9.06. The summed E-state index contributed by atoms with van der Waals surface area (Å²) in [5, 5.41) is 72.6. The third kappa shape index (κ3) is 6.47. The van der Waals surface area contributed by atoms with E-state index in [2.05, 4.69) is 10.3 Å². The molecule has 36 heavy (non-hydrogen) atoms. The van der Waals surface area contributed by atoms with Gasteiger partial charge in [0.05, 0.1) is 31.5 Å². The Hall–Kier alpha value is -1.12. The number of amides is 1. The Labute approximate surface area is 205 Å². The van der Waals surface area contributed by atoms with Crippen LogP contribution in [0.25, 0.3) is 0 Å². The molecule has 3 aliphatic heterocycles. The maximum absolute atomic E-state index is 13.1. The maximum Gasteiger partial charge on any atom is 0.217 e. The zero-order chi connectivity index (χ0) is 26.7. The van der Waals surface area contributed by atoms with Crippen molar-refractivity contribution in [3.05, 3.63) is 0 Å². The Kier molecular flexibility index (Phi) is 10.3. The van der Waals surface area contributed by atoms with Crippen molar-refractivity contribution in [2.24, 2.45) is 0 Å². The topological polar surface area (TPSA) is 226 Å². The molecule has 3 aliphatic rings. The largest absolute Gasteiger partial charge is 0.394 e. The lowest BCUT2D eigenvalue weighted by atomic mass is 9.96. The summed E-state index contributed by atoms with van der Waals surface area (Å²) < 4.78 is 40.7. The number of hydrogen-bond donors (Lipinski definition) is 8. The molecule has 1 amide bonds. The van der Waals surface area contributed by atoms with Crippen LogP contribution < -0.4 is 5.32 Å². The highest BCUT2D eigenvalue weighted by molar-refractivity contribution is 5.73. The molecule has 3 saturated heterocycles. The van der Waals surface area contributed by atoms with Gasteiger partial charge in [0.25, 0.3) is 0 Å². The molecule has 3 rings (SSSR count). The molecule has 0 radical (unpaired) electrons. The smallest absolute Gasteiger partial charge is 0.217 e. The van der Waals surface area contributed by atoms with Gasteiger partial charge in [-0.1, -0.05) is 0 Å².